The molecule has 2 fully saturated rings. The lowest BCUT2D eigenvalue weighted by Gasteiger charge is -2.36. The number of nitrogens with one attached hydrogen (secondary N) is 1. The van der Waals surface area contributed by atoms with E-state index in [1.807, 2.05) is 24.3 Å². The number of benzene rings is 2. The number of fused-ring (bicyclic) bond motifs is 2. The zero-order valence-electron chi connectivity index (χ0n) is 14.5. The molecule has 3 atom stereocenters. The summed E-state index contributed by atoms with van der Waals surface area (Å²) < 4.78 is 0. The van der Waals surface area contributed by atoms with Crippen LogP contribution in [0.25, 0.3) is 11.1 Å². The molecule has 4 heteroatoms. The Morgan fingerprint density at radius 1 is 0.960 bits per heavy atom. The van der Waals surface area contributed by atoms with Crippen molar-refractivity contribution in [3.05, 3.63) is 48.5 Å². The van der Waals surface area contributed by atoms with Crippen molar-refractivity contribution in [3.63, 3.8) is 0 Å². The Hall–Kier alpha value is -1.78. The molecule has 25 heavy (non-hydrogen) atoms. The lowest BCUT2D eigenvalue weighted by Crippen LogP contribution is -2.40. The first-order valence-electron chi connectivity index (χ1n) is 9.02. The van der Waals surface area contributed by atoms with Crippen LogP contribution in [0.1, 0.15) is 25.7 Å². The fourth-order valence-corrected chi connectivity index (χ4v) is 5.52. The third-order valence-electron chi connectivity index (χ3n) is 5.66. The van der Waals surface area contributed by atoms with E-state index in [9.17, 15) is 4.79 Å². The van der Waals surface area contributed by atoms with Gasteiger partial charge in [0.25, 0.3) is 0 Å². The van der Waals surface area contributed by atoms with E-state index in [1.54, 1.807) is 0 Å². The maximum absolute atomic E-state index is 10.5. The third kappa shape index (κ3) is 3.60. The first-order chi connectivity index (χ1) is 12.2. The average Bonchev–Trinajstić information content (AvgIpc) is 2.84. The molecule has 4 rings (SSSR count). The van der Waals surface area contributed by atoms with Crippen LogP contribution < -0.4 is 5.32 Å². The van der Waals surface area contributed by atoms with Gasteiger partial charge in [0.1, 0.15) is 0 Å². The van der Waals surface area contributed by atoms with Crippen molar-refractivity contribution < 1.29 is 4.79 Å². The fourth-order valence-electron chi connectivity index (χ4n) is 4.20. The summed E-state index contributed by atoms with van der Waals surface area (Å²) in [7, 11) is 2.30. The van der Waals surface area contributed by atoms with Crippen molar-refractivity contribution in [1.29, 1.82) is 0 Å². The normalized spacial score (nSPS) is 25.7. The van der Waals surface area contributed by atoms with Crippen molar-refractivity contribution in [3.8, 4) is 11.1 Å². The molecule has 3 nitrogen and oxygen atoms in total. The van der Waals surface area contributed by atoms with Gasteiger partial charge in [-0.05, 0) is 68.1 Å². The molecule has 2 heterocycles. The van der Waals surface area contributed by atoms with Crippen LogP contribution in [0.2, 0.25) is 0 Å². The number of hydrogen-bond acceptors (Lipinski definition) is 3. The molecule has 2 aliphatic rings. The van der Waals surface area contributed by atoms with Crippen LogP contribution >= 0.6 is 11.8 Å². The summed E-state index contributed by atoms with van der Waals surface area (Å²) in [5.41, 5.74) is 3.21. The Morgan fingerprint density at radius 2 is 1.52 bits per heavy atom. The minimum absolute atomic E-state index is 0.705. The summed E-state index contributed by atoms with van der Waals surface area (Å²) in [6, 6.07) is 18.5. The molecular formula is C21H24N2OS. The van der Waals surface area contributed by atoms with E-state index in [0.717, 1.165) is 23.0 Å². The molecular weight excluding hydrogens is 328 g/mol. The van der Waals surface area contributed by atoms with Gasteiger partial charge in [0.05, 0.1) is 0 Å². The van der Waals surface area contributed by atoms with E-state index in [0.29, 0.717) is 6.41 Å². The second-order valence-electron chi connectivity index (χ2n) is 7.13. The number of anilines is 1. The lowest BCUT2D eigenvalue weighted by atomic mass is 10.0. The Morgan fingerprint density at radius 3 is 2.08 bits per heavy atom. The van der Waals surface area contributed by atoms with Crippen molar-refractivity contribution in [2.75, 3.05) is 12.4 Å². The molecule has 0 saturated carbocycles. The number of rotatable bonds is 5. The Balaban J connectivity index is 1.41. The van der Waals surface area contributed by atoms with Crippen molar-refractivity contribution in [2.45, 2.75) is 47.9 Å². The summed E-state index contributed by atoms with van der Waals surface area (Å²) in [6.45, 7) is 0. The minimum Gasteiger partial charge on any atom is -0.329 e. The number of nitrogens with zero attached hydrogens (tertiary/aromatic N) is 1. The highest BCUT2D eigenvalue weighted by molar-refractivity contribution is 8.00. The summed E-state index contributed by atoms with van der Waals surface area (Å²) >= 11 is 2.05. The third-order valence-corrected chi connectivity index (χ3v) is 6.92. The van der Waals surface area contributed by atoms with Crippen LogP contribution in [-0.4, -0.2) is 35.7 Å². The fraction of sp³-hybridized carbons (Fsp3) is 0.381. The second kappa shape index (κ2) is 7.22. The number of piperidine rings is 1. The maximum atomic E-state index is 10.5. The van der Waals surface area contributed by atoms with Gasteiger partial charge in [-0.2, -0.15) is 0 Å². The second-order valence-corrected chi connectivity index (χ2v) is 8.50. The van der Waals surface area contributed by atoms with Gasteiger partial charge in [0, 0.05) is 27.9 Å². The van der Waals surface area contributed by atoms with Gasteiger partial charge < -0.3 is 10.2 Å². The molecule has 0 aromatic heterocycles. The van der Waals surface area contributed by atoms with Crippen LogP contribution in [-0.2, 0) is 4.79 Å². The maximum Gasteiger partial charge on any atom is 0.211 e. The quantitative estimate of drug-likeness (QED) is 0.796. The van der Waals surface area contributed by atoms with Gasteiger partial charge in [-0.15, -0.1) is 11.8 Å². The van der Waals surface area contributed by atoms with Gasteiger partial charge in [-0.3, -0.25) is 4.79 Å². The topological polar surface area (TPSA) is 32.3 Å². The van der Waals surface area contributed by atoms with E-state index in [-0.39, 0.29) is 0 Å². The highest BCUT2D eigenvalue weighted by Crippen LogP contribution is 2.41. The van der Waals surface area contributed by atoms with E-state index >= 15 is 0 Å². The van der Waals surface area contributed by atoms with Gasteiger partial charge >= 0.3 is 0 Å². The van der Waals surface area contributed by atoms with E-state index in [1.165, 1.54) is 41.7 Å². The van der Waals surface area contributed by atoms with Crippen LogP contribution in [0.15, 0.2) is 53.4 Å². The molecule has 2 aromatic rings. The average molecular weight is 353 g/mol. The monoisotopic (exact) mass is 352 g/mol. The van der Waals surface area contributed by atoms with Gasteiger partial charge in [0.15, 0.2) is 0 Å². The molecule has 2 aromatic carbocycles. The zero-order valence-corrected chi connectivity index (χ0v) is 15.3. The highest BCUT2D eigenvalue weighted by atomic mass is 32.2. The first-order valence-corrected chi connectivity index (χ1v) is 9.90. The standard InChI is InChI=1S/C21H24N2OS/c1-23-18-8-9-19(23)13-21(12-18)25-20-10-4-16(5-11-20)15-2-6-17(7-3-15)22-14-24/h2-7,10-11,14,18-19,21H,8-9,12-13H2,1H3,(H,22,24)/t18-,19+,21?. The van der Waals surface area contributed by atoms with Crippen molar-refractivity contribution in [1.82, 2.24) is 4.90 Å². The number of hydrogen-bond donors (Lipinski definition) is 1. The number of carbonyl (C=O) groups excluding carboxylic acids is 1. The van der Waals surface area contributed by atoms with Crippen LogP contribution in [0.3, 0.4) is 0 Å². The lowest BCUT2D eigenvalue weighted by molar-refractivity contribution is -0.105. The molecule has 2 aliphatic heterocycles. The Bertz CT molecular complexity index is 715. The molecule has 0 spiro atoms. The van der Waals surface area contributed by atoms with Crippen molar-refractivity contribution >= 4 is 23.9 Å². The molecule has 2 saturated heterocycles. The molecule has 0 aliphatic carbocycles. The summed E-state index contributed by atoms with van der Waals surface area (Å²) in [6.07, 6.45) is 6.11. The summed E-state index contributed by atoms with van der Waals surface area (Å²) in [5, 5.41) is 3.43. The van der Waals surface area contributed by atoms with E-state index in [4.69, 9.17) is 0 Å². The molecule has 1 N–H and O–H groups in total. The number of amides is 1. The summed E-state index contributed by atoms with van der Waals surface area (Å²) in [5.74, 6) is 0. The molecule has 130 valence electrons. The Kier molecular flexibility index (Phi) is 4.82. The van der Waals surface area contributed by atoms with Gasteiger partial charge in [-0.25, -0.2) is 0 Å². The smallest absolute Gasteiger partial charge is 0.211 e. The van der Waals surface area contributed by atoms with Gasteiger partial charge in [-0.1, -0.05) is 24.3 Å². The number of carbonyl (C=O) groups is 1. The van der Waals surface area contributed by atoms with E-state index in [2.05, 4.69) is 53.3 Å². The highest BCUT2D eigenvalue weighted by Gasteiger charge is 2.38. The molecule has 1 amide bonds. The zero-order chi connectivity index (χ0) is 17.2. The van der Waals surface area contributed by atoms with Crippen LogP contribution in [0.5, 0.6) is 0 Å². The van der Waals surface area contributed by atoms with Crippen molar-refractivity contribution in [2.24, 2.45) is 0 Å². The Labute approximate surface area is 153 Å². The first kappa shape index (κ1) is 16.7. The summed E-state index contributed by atoms with van der Waals surface area (Å²) in [4.78, 5) is 14.4. The SMILES string of the molecule is CN1[C@@H]2CC[C@H]1CC(Sc1ccc(-c3ccc(NC=O)cc3)cc1)C2. The molecule has 2 bridgehead atoms. The number of thioether (sulfide) groups is 1. The van der Waals surface area contributed by atoms with Crippen LogP contribution in [0.4, 0.5) is 5.69 Å². The molecule has 1 unspecified atom stereocenters. The predicted octanol–water partition coefficient (Wildman–Crippen LogP) is 4.64. The van der Waals surface area contributed by atoms with Gasteiger partial charge in [0.2, 0.25) is 6.41 Å². The molecule has 0 radical (unpaired) electrons. The predicted molar refractivity (Wildman–Crippen MR) is 105 cm³/mol. The van der Waals surface area contributed by atoms with E-state index < -0.39 is 0 Å². The van der Waals surface area contributed by atoms with Crippen LogP contribution in [0, 0.1) is 0 Å². The largest absolute Gasteiger partial charge is 0.329 e. The minimum atomic E-state index is 0.705.